The molecule has 0 saturated heterocycles. The molecule has 2 N–H and O–H groups in total. The van der Waals surface area contributed by atoms with E-state index >= 15 is 0 Å². The summed E-state index contributed by atoms with van der Waals surface area (Å²) in [5.41, 5.74) is -0.715. The van der Waals surface area contributed by atoms with E-state index in [1.165, 1.54) is 0 Å². The van der Waals surface area contributed by atoms with Crippen LogP contribution in [0.1, 0.15) is 32.6 Å². The highest BCUT2D eigenvalue weighted by Crippen LogP contribution is 2.65. The first-order chi connectivity index (χ1) is 11.4. The fourth-order valence-corrected chi connectivity index (χ4v) is 6.58. The molecule has 0 aliphatic heterocycles. The molecule has 0 amide bonds. The van der Waals surface area contributed by atoms with Crippen molar-refractivity contribution in [2.45, 2.75) is 50.9 Å². The summed E-state index contributed by atoms with van der Waals surface area (Å²) < 4.78 is 5.68. The second-order valence-electron chi connectivity index (χ2n) is 8.25. The largest absolute Gasteiger partial charge is 0.390 e. The van der Waals surface area contributed by atoms with Crippen LogP contribution in [0.15, 0.2) is 12.2 Å². The number of hydrogen-bond acceptors (Lipinski definition) is 5. The van der Waals surface area contributed by atoms with E-state index < -0.39 is 23.7 Å². The maximum atomic E-state index is 13.2. The Morgan fingerprint density at radius 3 is 2.58 bits per heavy atom. The van der Waals surface area contributed by atoms with E-state index in [1.807, 2.05) is 6.92 Å². The molecule has 0 heterocycles. The van der Waals surface area contributed by atoms with E-state index in [9.17, 15) is 19.8 Å². The summed E-state index contributed by atoms with van der Waals surface area (Å²) in [6, 6.07) is 0. The Morgan fingerprint density at radius 1 is 1.21 bits per heavy atom. The molecule has 4 aliphatic rings. The van der Waals surface area contributed by atoms with E-state index in [-0.39, 0.29) is 41.2 Å². The molecule has 4 aliphatic carbocycles. The predicted octanol–water partition coefficient (Wildman–Crippen LogP) is 1.12. The molecule has 9 atom stereocenters. The van der Waals surface area contributed by atoms with E-state index in [0.717, 1.165) is 12.8 Å². The highest BCUT2D eigenvalue weighted by Gasteiger charge is 2.73. The third kappa shape index (κ3) is 1.66. The van der Waals surface area contributed by atoms with Gasteiger partial charge in [0.2, 0.25) is 0 Å². The smallest absolute Gasteiger partial charge is 0.170 e. The van der Waals surface area contributed by atoms with Crippen LogP contribution in [0.25, 0.3) is 0 Å². The Balaban J connectivity index is 1.90. The molecule has 24 heavy (non-hydrogen) atoms. The number of carbonyl (C=O) groups excluding carboxylic acids is 2. The van der Waals surface area contributed by atoms with E-state index in [4.69, 9.17) is 4.74 Å². The normalized spacial score (nSPS) is 53.8. The lowest BCUT2D eigenvalue weighted by Gasteiger charge is -2.59. The number of methoxy groups -OCH3 is 1. The molecule has 9 unspecified atom stereocenters. The third-order valence-corrected chi connectivity index (χ3v) is 7.56. The van der Waals surface area contributed by atoms with E-state index in [0.29, 0.717) is 18.4 Å². The van der Waals surface area contributed by atoms with Crippen molar-refractivity contribution in [2.24, 2.45) is 35.0 Å². The molecule has 0 aromatic carbocycles. The zero-order chi connectivity index (χ0) is 17.4. The minimum absolute atomic E-state index is 0.117. The van der Waals surface area contributed by atoms with E-state index in [2.05, 4.69) is 6.58 Å². The summed E-state index contributed by atoms with van der Waals surface area (Å²) in [6.07, 6.45) is -0.0729. The fraction of sp³-hybridized carbons (Fsp3) is 0.789. The van der Waals surface area contributed by atoms with Gasteiger partial charge in [0.25, 0.3) is 0 Å². The van der Waals surface area contributed by atoms with Gasteiger partial charge in [-0.1, -0.05) is 13.5 Å². The summed E-state index contributed by atoms with van der Waals surface area (Å²) >= 11 is 0. The summed E-state index contributed by atoms with van der Waals surface area (Å²) in [5.74, 6) is -0.913. The van der Waals surface area contributed by atoms with Gasteiger partial charge in [-0.2, -0.15) is 0 Å². The van der Waals surface area contributed by atoms with Crippen LogP contribution in [0, 0.1) is 35.0 Å². The zero-order valence-corrected chi connectivity index (χ0v) is 14.3. The van der Waals surface area contributed by atoms with Crippen LogP contribution in [0.4, 0.5) is 0 Å². The van der Waals surface area contributed by atoms with Gasteiger partial charge in [-0.25, -0.2) is 0 Å². The van der Waals surface area contributed by atoms with Crippen molar-refractivity contribution < 1.29 is 24.5 Å². The first-order valence-corrected chi connectivity index (χ1v) is 9.02. The molecule has 5 nitrogen and oxygen atoms in total. The molecule has 132 valence electrons. The van der Waals surface area contributed by atoms with Gasteiger partial charge in [0.15, 0.2) is 5.78 Å². The molecule has 2 bridgehead atoms. The van der Waals surface area contributed by atoms with Crippen LogP contribution in [-0.2, 0) is 14.3 Å². The Bertz CT molecular complexity index is 613. The van der Waals surface area contributed by atoms with Crippen molar-refractivity contribution in [1.82, 2.24) is 0 Å². The maximum Gasteiger partial charge on any atom is 0.170 e. The minimum Gasteiger partial charge on any atom is -0.390 e. The Hall–Kier alpha value is -1.04. The van der Waals surface area contributed by atoms with Crippen LogP contribution in [0.2, 0.25) is 0 Å². The van der Waals surface area contributed by atoms with Crippen LogP contribution in [-0.4, -0.2) is 47.2 Å². The molecule has 4 fully saturated rings. The van der Waals surface area contributed by atoms with Crippen molar-refractivity contribution >= 4 is 11.6 Å². The standard InChI is InChI=1S/C19H26O5/c1-8-4-7-12(20)14-11-6-5-10-9(2)16(22)19(11,18(10)24-3)17(23)15(21)13(8)14/h8,10-11,13-15,17-18,21,23H,2,4-7H2,1,3H3. The SMILES string of the molecule is C=C1C(=O)C23C(O)C(O)C4C(C)CCC(=O)C4C2CCC1C3OC. The highest BCUT2D eigenvalue weighted by atomic mass is 16.5. The molecular weight excluding hydrogens is 308 g/mol. The van der Waals surface area contributed by atoms with Gasteiger partial charge in [0.1, 0.15) is 5.78 Å². The molecule has 4 saturated carbocycles. The van der Waals surface area contributed by atoms with Gasteiger partial charge in [-0.15, -0.1) is 0 Å². The Kier molecular flexibility index (Phi) is 3.58. The second kappa shape index (κ2) is 5.23. The summed E-state index contributed by atoms with van der Waals surface area (Å²) in [5, 5.41) is 22.0. The number of aliphatic hydroxyl groups excluding tert-OH is 2. The number of fused-ring (bicyclic) bond motifs is 3. The van der Waals surface area contributed by atoms with Gasteiger partial charge in [0.05, 0.1) is 23.7 Å². The summed E-state index contributed by atoms with van der Waals surface area (Å²) in [6.45, 7) is 5.99. The zero-order valence-electron chi connectivity index (χ0n) is 14.3. The van der Waals surface area contributed by atoms with Gasteiger partial charge < -0.3 is 14.9 Å². The van der Waals surface area contributed by atoms with Crippen molar-refractivity contribution in [3.63, 3.8) is 0 Å². The number of aliphatic hydroxyl groups is 2. The minimum atomic E-state index is -1.21. The van der Waals surface area contributed by atoms with Crippen molar-refractivity contribution in [2.75, 3.05) is 7.11 Å². The molecule has 0 radical (unpaired) electrons. The number of hydrogen-bond donors (Lipinski definition) is 2. The van der Waals surface area contributed by atoms with Crippen molar-refractivity contribution in [1.29, 1.82) is 0 Å². The van der Waals surface area contributed by atoms with Crippen LogP contribution >= 0.6 is 0 Å². The van der Waals surface area contributed by atoms with E-state index in [1.54, 1.807) is 7.11 Å². The fourth-order valence-electron chi connectivity index (χ4n) is 6.58. The van der Waals surface area contributed by atoms with Gasteiger partial charge >= 0.3 is 0 Å². The molecule has 0 aromatic heterocycles. The Morgan fingerprint density at radius 2 is 1.92 bits per heavy atom. The van der Waals surface area contributed by atoms with Gasteiger partial charge in [0, 0.05) is 25.4 Å². The number of rotatable bonds is 1. The lowest BCUT2D eigenvalue weighted by molar-refractivity contribution is -0.229. The highest BCUT2D eigenvalue weighted by molar-refractivity contribution is 6.05. The third-order valence-electron chi connectivity index (χ3n) is 7.56. The predicted molar refractivity (Wildman–Crippen MR) is 86.0 cm³/mol. The lowest BCUT2D eigenvalue weighted by Crippen LogP contribution is -2.69. The van der Waals surface area contributed by atoms with Crippen molar-refractivity contribution in [3.05, 3.63) is 12.2 Å². The first-order valence-electron chi connectivity index (χ1n) is 9.02. The number of Topliss-reactive ketones (excluding diaryl/α,β-unsaturated/α-hetero) is 2. The topological polar surface area (TPSA) is 83.8 Å². The average Bonchev–Trinajstić information content (AvgIpc) is 2.71. The van der Waals surface area contributed by atoms with Crippen LogP contribution in [0.5, 0.6) is 0 Å². The lowest BCUT2D eigenvalue weighted by atomic mass is 9.46. The number of ketones is 2. The quantitative estimate of drug-likeness (QED) is 0.702. The first kappa shape index (κ1) is 16.4. The summed E-state index contributed by atoms with van der Waals surface area (Å²) in [4.78, 5) is 25.9. The van der Waals surface area contributed by atoms with Gasteiger partial charge in [-0.05, 0) is 42.6 Å². The molecular formula is C19H26O5. The monoisotopic (exact) mass is 334 g/mol. The van der Waals surface area contributed by atoms with Gasteiger partial charge in [-0.3, -0.25) is 9.59 Å². The average molecular weight is 334 g/mol. The number of ether oxygens (including phenoxy) is 1. The Labute approximate surface area is 142 Å². The maximum absolute atomic E-state index is 13.2. The molecule has 1 spiro atoms. The van der Waals surface area contributed by atoms with Crippen molar-refractivity contribution in [3.8, 4) is 0 Å². The molecule has 5 heteroatoms. The second-order valence-corrected chi connectivity index (χ2v) is 8.25. The van der Waals surface area contributed by atoms with Crippen LogP contribution in [0.3, 0.4) is 0 Å². The molecule has 4 rings (SSSR count). The molecule has 0 aromatic rings. The summed E-state index contributed by atoms with van der Waals surface area (Å²) in [7, 11) is 1.55. The number of carbonyl (C=O) groups is 2. The van der Waals surface area contributed by atoms with Crippen LogP contribution < -0.4 is 0 Å².